The molecule has 22 heavy (non-hydrogen) atoms. The molecule has 2 amide bonds. The molecule has 0 saturated carbocycles. The lowest BCUT2D eigenvalue weighted by Gasteiger charge is -2.14. The van der Waals surface area contributed by atoms with Crippen LogP contribution in [0.25, 0.3) is 6.08 Å². The molecule has 1 saturated heterocycles. The molecule has 0 radical (unpaired) electrons. The Balaban J connectivity index is 1.79. The van der Waals surface area contributed by atoms with Crippen molar-refractivity contribution >= 4 is 68.9 Å². The molecule has 1 aliphatic rings. The Morgan fingerprint density at radius 3 is 2.77 bits per heavy atom. The van der Waals surface area contributed by atoms with E-state index >= 15 is 0 Å². The molecule has 0 bridgehead atoms. The predicted octanol–water partition coefficient (Wildman–Crippen LogP) is 3.66. The van der Waals surface area contributed by atoms with E-state index in [1.165, 1.54) is 23.1 Å². The third-order valence-electron chi connectivity index (χ3n) is 2.92. The summed E-state index contributed by atoms with van der Waals surface area (Å²) in [6.45, 7) is 1.99. The highest BCUT2D eigenvalue weighted by atomic mass is 32.2. The van der Waals surface area contributed by atoms with Gasteiger partial charge in [0.25, 0.3) is 11.8 Å². The Bertz CT molecular complexity index is 777. The number of carbonyl (C=O) groups is 2. The molecule has 1 aliphatic heterocycles. The van der Waals surface area contributed by atoms with Gasteiger partial charge in [-0.25, -0.2) is 0 Å². The SMILES string of the molecule is Cc1ccsc1/C=C1/SC(=S)N(NC(=O)c2cccs2)C1=O. The minimum absolute atomic E-state index is 0.298. The van der Waals surface area contributed by atoms with Crippen LogP contribution in [0.5, 0.6) is 0 Å². The molecule has 3 rings (SSSR count). The second-order valence-electron chi connectivity index (χ2n) is 4.40. The van der Waals surface area contributed by atoms with Crippen molar-refractivity contribution < 1.29 is 9.59 Å². The van der Waals surface area contributed by atoms with Gasteiger partial charge in [-0.05, 0) is 53.7 Å². The maximum absolute atomic E-state index is 12.4. The summed E-state index contributed by atoms with van der Waals surface area (Å²) in [6.07, 6.45) is 1.82. The zero-order chi connectivity index (χ0) is 15.7. The first-order valence-corrected chi connectivity index (χ1v) is 9.21. The Morgan fingerprint density at radius 2 is 2.14 bits per heavy atom. The van der Waals surface area contributed by atoms with E-state index < -0.39 is 0 Å². The number of thiocarbonyl (C=S) groups is 1. The van der Waals surface area contributed by atoms with Gasteiger partial charge in [-0.1, -0.05) is 17.8 Å². The smallest absolute Gasteiger partial charge is 0.266 e. The van der Waals surface area contributed by atoms with E-state index in [-0.39, 0.29) is 11.8 Å². The van der Waals surface area contributed by atoms with Crippen LogP contribution in [0.2, 0.25) is 0 Å². The summed E-state index contributed by atoms with van der Waals surface area (Å²) in [7, 11) is 0. The highest BCUT2D eigenvalue weighted by Gasteiger charge is 2.34. The summed E-state index contributed by atoms with van der Waals surface area (Å²) >= 11 is 9.26. The average molecular weight is 367 g/mol. The zero-order valence-corrected chi connectivity index (χ0v) is 14.6. The van der Waals surface area contributed by atoms with E-state index in [1.54, 1.807) is 28.8 Å². The highest BCUT2D eigenvalue weighted by Crippen LogP contribution is 2.33. The van der Waals surface area contributed by atoms with Crippen LogP contribution in [0.1, 0.15) is 20.1 Å². The van der Waals surface area contributed by atoms with Crippen LogP contribution in [-0.2, 0) is 4.79 Å². The van der Waals surface area contributed by atoms with Crippen molar-refractivity contribution in [1.29, 1.82) is 0 Å². The van der Waals surface area contributed by atoms with E-state index in [0.29, 0.717) is 14.1 Å². The van der Waals surface area contributed by atoms with Crippen LogP contribution in [0.3, 0.4) is 0 Å². The summed E-state index contributed by atoms with van der Waals surface area (Å²) < 4.78 is 0.329. The van der Waals surface area contributed by atoms with E-state index in [1.807, 2.05) is 24.4 Å². The van der Waals surface area contributed by atoms with E-state index in [0.717, 1.165) is 15.4 Å². The first-order valence-electron chi connectivity index (χ1n) is 6.23. The summed E-state index contributed by atoms with van der Waals surface area (Å²) in [6, 6.07) is 5.47. The van der Waals surface area contributed by atoms with Crippen molar-refractivity contribution in [3.63, 3.8) is 0 Å². The maximum atomic E-state index is 12.4. The molecule has 0 unspecified atom stereocenters. The number of rotatable bonds is 3. The van der Waals surface area contributed by atoms with Gasteiger partial charge in [0.15, 0.2) is 4.32 Å². The first-order chi connectivity index (χ1) is 10.6. The third-order valence-corrected chi connectivity index (χ3v) is 6.05. The topological polar surface area (TPSA) is 49.4 Å². The Morgan fingerprint density at radius 1 is 1.32 bits per heavy atom. The minimum Gasteiger partial charge on any atom is -0.266 e. The molecule has 0 spiro atoms. The summed E-state index contributed by atoms with van der Waals surface area (Å²) in [4.78, 5) is 26.5. The van der Waals surface area contributed by atoms with Gasteiger partial charge >= 0.3 is 0 Å². The lowest BCUT2D eigenvalue weighted by Crippen LogP contribution is -2.44. The third kappa shape index (κ3) is 3.00. The Hall–Kier alpha value is -1.48. The van der Waals surface area contributed by atoms with Gasteiger partial charge in [-0.3, -0.25) is 15.0 Å². The van der Waals surface area contributed by atoms with Gasteiger partial charge in [0.05, 0.1) is 9.78 Å². The number of carbonyl (C=O) groups excluding carboxylic acids is 2. The van der Waals surface area contributed by atoms with Crippen molar-refractivity contribution in [3.05, 3.63) is 49.2 Å². The molecule has 2 aromatic heterocycles. The number of hydrogen-bond acceptors (Lipinski definition) is 6. The zero-order valence-electron chi connectivity index (χ0n) is 11.4. The van der Waals surface area contributed by atoms with E-state index in [4.69, 9.17) is 12.2 Å². The van der Waals surface area contributed by atoms with Gasteiger partial charge in [0.1, 0.15) is 0 Å². The molecule has 0 aromatic carbocycles. The van der Waals surface area contributed by atoms with E-state index in [9.17, 15) is 9.59 Å². The van der Waals surface area contributed by atoms with Crippen molar-refractivity contribution in [2.75, 3.05) is 0 Å². The fourth-order valence-corrected chi connectivity index (χ4v) is 4.49. The second kappa shape index (κ2) is 6.33. The van der Waals surface area contributed by atoms with Gasteiger partial charge < -0.3 is 0 Å². The number of nitrogens with zero attached hydrogens (tertiary/aromatic N) is 1. The molecule has 1 fully saturated rings. The fourth-order valence-electron chi connectivity index (χ4n) is 1.78. The fraction of sp³-hybridized carbons (Fsp3) is 0.0714. The van der Waals surface area contributed by atoms with Crippen molar-refractivity contribution in [2.45, 2.75) is 6.92 Å². The van der Waals surface area contributed by atoms with Crippen molar-refractivity contribution in [2.24, 2.45) is 0 Å². The number of hydrogen-bond donors (Lipinski definition) is 1. The maximum Gasteiger partial charge on any atom is 0.285 e. The molecule has 0 aliphatic carbocycles. The first kappa shape index (κ1) is 15.4. The van der Waals surface area contributed by atoms with E-state index in [2.05, 4.69) is 5.43 Å². The number of hydrazine groups is 1. The summed E-state index contributed by atoms with van der Waals surface area (Å²) in [5.41, 5.74) is 3.67. The normalized spacial score (nSPS) is 16.6. The van der Waals surface area contributed by atoms with Crippen molar-refractivity contribution in [1.82, 2.24) is 10.4 Å². The Labute approximate surface area is 144 Å². The van der Waals surface area contributed by atoms with Crippen molar-refractivity contribution in [3.8, 4) is 0 Å². The molecule has 3 heterocycles. The monoisotopic (exact) mass is 366 g/mol. The minimum atomic E-state index is -0.333. The van der Waals surface area contributed by atoms with Crippen LogP contribution < -0.4 is 5.43 Å². The molecule has 112 valence electrons. The number of thiophene rings is 2. The number of aryl methyl sites for hydroxylation is 1. The van der Waals surface area contributed by atoms with Crippen LogP contribution in [0, 0.1) is 6.92 Å². The Kier molecular flexibility index (Phi) is 4.44. The van der Waals surface area contributed by atoms with Gasteiger partial charge in [-0.15, -0.1) is 22.7 Å². The van der Waals surface area contributed by atoms with Gasteiger partial charge in [0.2, 0.25) is 0 Å². The molecule has 0 atom stereocenters. The van der Waals surface area contributed by atoms with Crippen LogP contribution >= 0.6 is 46.7 Å². The van der Waals surface area contributed by atoms with Gasteiger partial charge in [-0.2, -0.15) is 5.01 Å². The van der Waals surface area contributed by atoms with Crippen LogP contribution in [0.15, 0.2) is 33.9 Å². The molecular weight excluding hydrogens is 356 g/mol. The van der Waals surface area contributed by atoms with Crippen LogP contribution in [-0.4, -0.2) is 21.1 Å². The number of amides is 2. The summed E-state index contributed by atoms with van der Waals surface area (Å²) in [5, 5.41) is 4.91. The highest BCUT2D eigenvalue weighted by molar-refractivity contribution is 8.26. The predicted molar refractivity (Wildman–Crippen MR) is 95.9 cm³/mol. The second-order valence-corrected chi connectivity index (χ2v) is 7.97. The molecular formula is C14H10N2O2S4. The quantitative estimate of drug-likeness (QED) is 0.665. The molecule has 1 N–H and O–H groups in total. The lowest BCUT2D eigenvalue weighted by atomic mass is 10.3. The number of thioether (sulfide) groups is 1. The molecule has 4 nitrogen and oxygen atoms in total. The van der Waals surface area contributed by atoms with Gasteiger partial charge in [0, 0.05) is 4.88 Å². The molecule has 2 aromatic rings. The summed E-state index contributed by atoms with van der Waals surface area (Å²) in [5.74, 6) is -0.632. The lowest BCUT2D eigenvalue weighted by molar-refractivity contribution is -0.123. The largest absolute Gasteiger partial charge is 0.285 e. The average Bonchev–Trinajstić information content (AvgIpc) is 3.19. The van der Waals surface area contributed by atoms with Crippen LogP contribution in [0.4, 0.5) is 0 Å². The molecule has 8 heteroatoms. The number of nitrogens with one attached hydrogen (secondary N) is 1. The standard InChI is InChI=1S/C14H10N2O2S4/c1-8-4-6-21-10(8)7-11-13(18)16(14(19)22-11)15-12(17)9-3-2-5-20-9/h2-7H,1H3,(H,15,17)/b11-7+.